The van der Waals surface area contributed by atoms with Crippen LogP contribution in [0.25, 0.3) is 33.5 Å². The zero-order chi connectivity index (χ0) is 16.7. The minimum atomic E-state index is -0.743. The number of hydrogen-bond acceptors (Lipinski definition) is 5. The summed E-state index contributed by atoms with van der Waals surface area (Å²) in [5.74, 6) is -1.10. The van der Waals surface area contributed by atoms with E-state index in [1.54, 1.807) is 36.4 Å². The first-order valence-electron chi connectivity index (χ1n) is 7.06. The van der Waals surface area contributed by atoms with Crippen LogP contribution in [-0.2, 0) is 0 Å². The van der Waals surface area contributed by atoms with Gasteiger partial charge in [-0.15, -0.1) is 0 Å². The van der Waals surface area contributed by atoms with E-state index in [0.717, 1.165) is 5.39 Å². The lowest BCUT2D eigenvalue weighted by molar-refractivity contribution is 0.387. The molecule has 0 radical (unpaired) electrons. The summed E-state index contributed by atoms with van der Waals surface area (Å²) >= 11 is 0. The molecule has 2 heterocycles. The van der Waals surface area contributed by atoms with Gasteiger partial charge in [-0.25, -0.2) is 14.2 Å². The quantitative estimate of drug-likeness (QED) is 0.591. The standard InChI is InChI=1S/C17H10FN3O3/c18-13-8-10(1-4-12(13)16-20-17(23)24-21-16)14-5-2-9-7-11(22)3-6-15(9)19-14/h1-8,22H,(H,20,21,23). The summed E-state index contributed by atoms with van der Waals surface area (Å²) in [7, 11) is 0. The maximum absolute atomic E-state index is 14.3. The zero-order valence-corrected chi connectivity index (χ0v) is 12.2. The summed E-state index contributed by atoms with van der Waals surface area (Å²) in [6, 6.07) is 12.9. The minimum Gasteiger partial charge on any atom is -0.508 e. The predicted octanol–water partition coefficient (Wildman–Crippen LogP) is 3.09. The van der Waals surface area contributed by atoms with E-state index < -0.39 is 11.6 Å². The number of H-pyrrole nitrogens is 1. The van der Waals surface area contributed by atoms with Crippen LogP contribution in [0.4, 0.5) is 4.39 Å². The molecule has 2 aromatic heterocycles. The van der Waals surface area contributed by atoms with Gasteiger partial charge in [0, 0.05) is 10.9 Å². The fourth-order valence-electron chi connectivity index (χ4n) is 2.49. The van der Waals surface area contributed by atoms with Gasteiger partial charge in [0.15, 0.2) is 5.82 Å². The number of nitrogens with one attached hydrogen (secondary N) is 1. The van der Waals surface area contributed by atoms with Crippen LogP contribution in [-0.4, -0.2) is 20.2 Å². The topological polar surface area (TPSA) is 92.0 Å². The second kappa shape index (κ2) is 5.31. The second-order valence-electron chi connectivity index (χ2n) is 5.21. The Kier molecular flexibility index (Phi) is 3.13. The molecule has 6 nitrogen and oxygen atoms in total. The molecular formula is C17H10FN3O3. The molecule has 24 heavy (non-hydrogen) atoms. The van der Waals surface area contributed by atoms with Gasteiger partial charge in [-0.1, -0.05) is 17.3 Å². The van der Waals surface area contributed by atoms with Crippen molar-refractivity contribution in [2.45, 2.75) is 0 Å². The van der Waals surface area contributed by atoms with E-state index in [4.69, 9.17) is 0 Å². The normalized spacial score (nSPS) is 11.0. The first-order chi connectivity index (χ1) is 11.6. The number of fused-ring (bicyclic) bond motifs is 1. The fourth-order valence-corrected chi connectivity index (χ4v) is 2.49. The van der Waals surface area contributed by atoms with Crippen molar-refractivity contribution >= 4 is 10.9 Å². The molecule has 0 amide bonds. The third-order valence-corrected chi connectivity index (χ3v) is 3.63. The molecule has 0 aliphatic heterocycles. The summed E-state index contributed by atoms with van der Waals surface area (Å²) in [5.41, 5.74) is 2.00. The van der Waals surface area contributed by atoms with Crippen LogP contribution < -0.4 is 5.76 Å². The average molecular weight is 323 g/mol. The Balaban J connectivity index is 1.78. The highest BCUT2D eigenvalue weighted by Crippen LogP contribution is 2.27. The molecule has 0 spiro atoms. The lowest BCUT2D eigenvalue weighted by Gasteiger charge is -2.06. The van der Waals surface area contributed by atoms with Crippen LogP contribution in [0.5, 0.6) is 5.75 Å². The number of phenols is 1. The first-order valence-corrected chi connectivity index (χ1v) is 7.06. The van der Waals surface area contributed by atoms with Gasteiger partial charge in [-0.2, -0.15) is 0 Å². The van der Waals surface area contributed by atoms with Gasteiger partial charge in [-0.05, 0) is 36.4 Å². The van der Waals surface area contributed by atoms with Gasteiger partial charge in [0.2, 0.25) is 0 Å². The predicted molar refractivity (Wildman–Crippen MR) is 84.9 cm³/mol. The Morgan fingerprint density at radius 2 is 1.96 bits per heavy atom. The van der Waals surface area contributed by atoms with Gasteiger partial charge in [-0.3, -0.25) is 9.51 Å². The summed E-state index contributed by atoms with van der Waals surface area (Å²) in [6.45, 7) is 0. The second-order valence-corrected chi connectivity index (χ2v) is 5.21. The smallest absolute Gasteiger partial charge is 0.439 e. The Morgan fingerprint density at radius 3 is 2.71 bits per heavy atom. The molecule has 4 aromatic rings. The number of hydrogen-bond donors (Lipinski definition) is 2. The van der Waals surface area contributed by atoms with E-state index >= 15 is 0 Å². The average Bonchev–Trinajstić information content (AvgIpc) is 3.00. The van der Waals surface area contributed by atoms with Crippen molar-refractivity contribution in [1.29, 1.82) is 0 Å². The highest BCUT2D eigenvalue weighted by molar-refractivity contribution is 5.83. The van der Waals surface area contributed by atoms with E-state index in [9.17, 15) is 14.3 Å². The van der Waals surface area contributed by atoms with Gasteiger partial charge in [0.25, 0.3) is 0 Å². The number of aromatic hydroxyl groups is 1. The number of nitrogens with zero attached hydrogens (tertiary/aromatic N) is 2. The van der Waals surface area contributed by atoms with Crippen LogP contribution in [0.3, 0.4) is 0 Å². The number of halogens is 1. The van der Waals surface area contributed by atoms with Crippen LogP contribution in [0.15, 0.2) is 57.8 Å². The van der Waals surface area contributed by atoms with Gasteiger partial charge < -0.3 is 5.11 Å². The molecule has 0 atom stereocenters. The SMILES string of the molecule is O=c1[nH]c(-c2ccc(-c3ccc4cc(O)ccc4n3)cc2F)no1. The molecule has 0 aliphatic rings. The van der Waals surface area contributed by atoms with Crippen molar-refractivity contribution in [3.05, 3.63) is 64.9 Å². The van der Waals surface area contributed by atoms with Crippen molar-refractivity contribution in [1.82, 2.24) is 15.1 Å². The Bertz CT molecular complexity index is 1120. The van der Waals surface area contributed by atoms with Gasteiger partial charge in [0.05, 0.1) is 16.8 Å². The number of aromatic amines is 1. The molecule has 0 bridgehead atoms. The minimum absolute atomic E-state index is 0.0333. The van der Waals surface area contributed by atoms with E-state index in [1.807, 2.05) is 0 Å². The van der Waals surface area contributed by atoms with E-state index in [2.05, 4.69) is 19.6 Å². The molecule has 0 fully saturated rings. The maximum atomic E-state index is 14.3. The van der Waals surface area contributed by atoms with Crippen molar-refractivity contribution in [3.8, 4) is 28.4 Å². The summed E-state index contributed by atoms with van der Waals surface area (Å²) < 4.78 is 18.7. The monoisotopic (exact) mass is 323 g/mol. The highest BCUT2D eigenvalue weighted by atomic mass is 19.1. The molecule has 7 heteroatoms. The van der Waals surface area contributed by atoms with Gasteiger partial charge in [0.1, 0.15) is 11.6 Å². The third kappa shape index (κ3) is 2.41. The number of pyridine rings is 1. The first kappa shape index (κ1) is 14.1. The summed E-state index contributed by atoms with van der Waals surface area (Å²) in [4.78, 5) is 17.8. The molecular weight excluding hydrogens is 313 g/mol. The molecule has 0 saturated carbocycles. The number of rotatable bonds is 2. The van der Waals surface area contributed by atoms with Gasteiger partial charge >= 0.3 is 5.76 Å². The highest BCUT2D eigenvalue weighted by Gasteiger charge is 2.12. The zero-order valence-electron chi connectivity index (χ0n) is 12.2. The Hall–Kier alpha value is -3.48. The molecule has 0 aliphatic carbocycles. The molecule has 0 unspecified atom stereocenters. The summed E-state index contributed by atoms with van der Waals surface area (Å²) in [5, 5.41) is 13.7. The molecule has 118 valence electrons. The number of benzene rings is 2. The van der Waals surface area contributed by atoms with Crippen molar-refractivity contribution in [2.75, 3.05) is 0 Å². The van der Waals surface area contributed by atoms with E-state index in [0.29, 0.717) is 16.8 Å². The Labute approximate surface area is 134 Å². The molecule has 0 saturated heterocycles. The molecule has 4 rings (SSSR count). The largest absolute Gasteiger partial charge is 0.508 e. The van der Waals surface area contributed by atoms with Crippen molar-refractivity contribution in [3.63, 3.8) is 0 Å². The fraction of sp³-hybridized carbons (Fsp3) is 0. The lowest BCUT2D eigenvalue weighted by atomic mass is 10.1. The van der Waals surface area contributed by atoms with Crippen LogP contribution >= 0.6 is 0 Å². The Morgan fingerprint density at radius 1 is 1.08 bits per heavy atom. The lowest BCUT2D eigenvalue weighted by Crippen LogP contribution is -1.96. The molecule has 2 N–H and O–H groups in total. The summed E-state index contributed by atoms with van der Waals surface area (Å²) in [6.07, 6.45) is 0. The van der Waals surface area contributed by atoms with Crippen LogP contribution in [0.1, 0.15) is 0 Å². The third-order valence-electron chi connectivity index (χ3n) is 3.63. The maximum Gasteiger partial charge on any atom is 0.439 e. The van der Waals surface area contributed by atoms with Crippen LogP contribution in [0.2, 0.25) is 0 Å². The van der Waals surface area contributed by atoms with E-state index in [-0.39, 0.29) is 17.1 Å². The molecule has 2 aromatic carbocycles. The van der Waals surface area contributed by atoms with Crippen LogP contribution in [0, 0.1) is 5.82 Å². The van der Waals surface area contributed by atoms with Crippen molar-refractivity contribution in [2.24, 2.45) is 0 Å². The van der Waals surface area contributed by atoms with E-state index in [1.165, 1.54) is 12.1 Å². The van der Waals surface area contributed by atoms with Crippen molar-refractivity contribution < 1.29 is 14.0 Å². The number of phenolic OH excluding ortho intramolecular Hbond substituents is 1. The number of aromatic nitrogens is 3.